The van der Waals surface area contributed by atoms with E-state index in [0.717, 1.165) is 45.0 Å². The number of aliphatic hydroxyl groups excluding tert-OH is 1. The van der Waals surface area contributed by atoms with E-state index in [1.807, 2.05) is 24.3 Å². The summed E-state index contributed by atoms with van der Waals surface area (Å²) in [7, 11) is 1.64. The monoisotopic (exact) mass is 346 g/mol. The Morgan fingerprint density at radius 3 is 2.88 bits per heavy atom. The van der Waals surface area contributed by atoms with E-state index in [1.165, 1.54) is 0 Å². The summed E-state index contributed by atoms with van der Waals surface area (Å²) in [5.41, 5.74) is 5.58. The molecule has 3 aromatic heterocycles. The van der Waals surface area contributed by atoms with Crippen LogP contribution in [0.4, 0.5) is 0 Å². The molecule has 0 aliphatic heterocycles. The predicted molar refractivity (Wildman–Crippen MR) is 98.8 cm³/mol. The summed E-state index contributed by atoms with van der Waals surface area (Å²) in [5, 5.41) is 9.26. The Bertz CT molecular complexity index is 1060. The molecule has 26 heavy (non-hydrogen) atoms. The smallest absolute Gasteiger partial charge is 0.144 e. The Morgan fingerprint density at radius 1 is 1.12 bits per heavy atom. The molecule has 1 aromatic carbocycles. The molecule has 6 nitrogen and oxygen atoms in total. The van der Waals surface area contributed by atoms with E-state index in [1.54, 1.807) is 31.8 Å². The zero-order valence-corrected chi connectivity index (χ0v) is 14.3. The molecule has 0 aliphatic rings. The van der Waals surface area contributed by atoms with Gasteiger partial charge < -0.3 is 14.8 Å². The van der Waals surface area contributed by atoms with Crippen LogP contribution >= 0.6 is 0 Å². The number of benzene rings is 1. The highest BCUT2D eigenvalue weighted by atomic mass is 16.5. The lowest BCUT2D eigenvalue weighted by Crippen LogP contribution is -1.95. The largest absolute Gasteiger partial charge is 0.494 e. The predicted octanol–water partition coefficient (Wildman–Crippen LogP) is 3.11. The summed E-state index contributed by atoms with van der Waals surface area (Å²) in [4.78, 5) is 16.4. The van der Waals surface area contributed by atoms with Crippen LogP contribution in [0, 0.1) is 0 Å². The quantitative estimate of drug-likeness (QED) is 0.580. The first-order chi connectivity index (χ1) is 12.8. The van der Waals surface area contributed by atoms with Gasteiger partial charge in [0.25, 0.3) is 0 Å². The number of H-pyrrole nitrogens is 1. The Morgan fingerprint density at radius 2 is 2.04 bits per heavy atom. The normalized spacial score (nSPS) is 11.0. The van der Waals surface area contributed by atoms with Gasteiger partial charge in [-0.15, -0.1) is 0 Å². The van der Waals surface area contributed by atoms with Gasteiger partial charge in [0, 0.05) is 30.1 Å². The molecule has 130 valence electrons. The van der Waals surface area contributed by atoms with Crippen LogP contribution in [0.1, 0.15) is 17.1 Å². The average molecular weight is 346 g/mol. The lowest BCUT2D eigenvalue weighted by molar-refractivity contribution is 0.281. The number of hydrogen-bond donors (Lipinski definition) is 2. The molecule has 0 aliphatic carbocycles. The fraction of sp³-hybridized carbons (Fsp3) is 0.150. The Balaban J connectivity index is 1.67. The Kier molecular flexibility index (Phi) is 4.33. The van der Waals surface area contributed by atoms with E-state index in [9.17, 15) is 5.11 Å². The fourth-order valence-corrected chi connectivity index (χ4v) is 2.99. The van der Waals surface area contributed by atoms with Gasteiger partial charge in [-0.3, -0.25) is 9.97 Å². The summed E-state index contributed by atoms with van der Waals surface area (Å²) >= 11 is 0. The second kappa shape index (κ2) is 6.93. The lowest BCUT2D eigenvalue weighted by atomic mass is 10.1. The third-order valence-electron chi connectivity index (χ3n) is 4.26. The third-order valence-corrected chi connectivity index (χ3v) is 4.26. The van der Waals surface area contributed by atoms with Crippen molar-refractivity contribution in [2.75, 3.05) is 7.11 Å². The second-order valence-electron chi connectivity index (χ2n) is 5.98. The lowest BCUT2D eigenvalue weighted by Gasteiger charge is -2.07. The molecule has 0 saturated heterocycles. The Hall–Kier alpha value is -3.25. The number of ether oxygens (including phenoxy) is 1. The van der Waals surface area contributed by atoms with Crippen molar-refractivity contribution in [3.05, 3.63) is 72.1 Å². The zero-order chi connectivity index (χ0) is 17.9. The highest BCUT2D eigenvalue weighted by molar-refractivity contribution is 5.83. The first kappa shape index (κ1) is 16.2. The van der Waals surface area contributed by atoms with Crippen LogP contribution in [0.2, 0.25) is 0 Å². The molecular formula is C20H18N4O2. The maximum absolute atomic E-state index is 9.26. The van der Waals surface area contributed by atoms with Gasteiger partial charge in [-0.2, -0.15) is 0 Å². The topological polar surface area (TPSA) is 83.9 Å². The summed E-state index contributed by atoms with van der Waals surface area (Å²) in [6, 6.07) is 11.7. The maximum atomic E-state index is 9.26. The van der Waals surface area contributed by atoms with Crippen molar-refractivity contribution in [2.24, 2.45) is 0 Å². The van der Waals surface area contributed by atoms with E-state index < -0.39 is 0 Å². The number of fused-ring (bicyclic) bond motifs is 1. The number of aliphatic hydroxyl groups is 1. The number of imidazole rings is 1. The second-order valence-corrected chi connectivity index (χ2v) is 5.98. The van der Waals surface area contributed by atoms with Gasteiger partial charge in [-0.25, -0.2) is 4.98 Å². The van der Waals surface area contributed by atoms with E-state index in [4.69, 9.17) is 4.74 Å². The maximum Gasteiger partial charge on any atom is 0.144 e. The van der Waals surface area contributed by atoms with Crippen LogP contribution in [0.3, 0.4) is 0 Å². The van der Waals surface area contributed by atoms with Crippen LogP contribution < -0.4 is 4.74 Å². The van der Waals surface area contributed by atoms with Gasteiger partial charge in [0.1, 0.15) is 11.6 Å². The molecule has 0 saturated carbocycles. The van der Waals surface area contributed by atoms with E-state index >= 15 is 0 Å². The minimum Gasteiger partial charge on any atom is -0.494 e. The third kappa shape index (κ3) is 3.14. The van der Waals surface area contributed by atoms with Crippen LogP contribution in [0.25, 0.3) is 22.2 Å². The van der Waals surface area contributed by atoms with Gasteiger partial charge in [0.05, 0.1) is 30.9 Å². The molecule has 0 amide bonds. The molecule has 0 atom stereocenters. The van der Waals surface area contributed by atoms with E-state index in [-0.39, 0.29) is 6.61 Å². The van der Waals surface area contributed by atoms with Crippen molar-refractivity contribution in [2.45, 2.75) is 13.0 Å². The van der Waals surface area contributed by atoms with Crippen molar-refractivity contribution < 1.29 is 9.84 Å². The van der Waals surface area contributed by atoms with Crippen molar-refractivity contribution in [1.82, 2.24) is 19.9 Å². The molecule has 2 N–H and O–H groups in total. The minimum atomic E-state index is 0.00672. The molecule has 0 radical (unpaired) electrons. The van der Waals surface area contributed by atoms with Crippen molar-refractivity contribution in [3.8, 4) is 16.9 Å². The molecule has 0 spiro atoms. The molecule has 6 heteroatoms. The summed E-state index contributed by atoms with van der Waals surface area (Å²) < 4.78 is 5.40. The number of hydrogen-bond acceptors (Lipinski definition) is 5. The first-order valence-corrected chi connectivity index (χ1v) is 8.28. The minimum absolute atomic E-state index is 0.00672. The molecule has 0 bridgehead atoms. The number of pyridine rings is 2. The van der Waals surface area contributed by atoms with Crippen molar-refractivity contribution >= 4 is 11.0 Å². The summed E-state index contributed by atoms with van der Waals surface area (Å²) in [6.45, 7) is 0.00672. The van der Waals surface area contributed by atoms with Gasteiger partial charge in [0.2, 0.25) is 0 Å². The number of methoxy groups -OCH3 is 1. The standard InChI is InChI=1S/C20H18N4O2/c1-26-19-11-21-6-5-16(19)14-2-3-17-18(9-14)24-20(23-17)10-15-8-13(12-25)4-7-22-15/h2-9,11,25H,10,12H2,1H3,(H,23,24). The molecule has 3 heterocycles. The molecule has 0 unspecified atom stereocenters. The van der Waals surface area contributed by atoms with Crippen molar-refractivity contribution in [1.29, 1.82) is 0 Å². The number of rotatable bonds is 5. The highest BCUT2D eigenvalue weighted by Crippen LogP contribution is 2.30. The van der Waals surface area contributed by atoms with E-state index in [2.05, 4.69) is 26.0 Å². The van der Waals surface area contributed by atoms with Gasteiger partial charge in [-0.1, -0.05) is 6.07 Å². The molecule has 4 rings (SSSR count). The van der Waals surface area contributed by atoms with Crippen LogP contribution in [-0.2, 0) is 13.0 Å². The average Bonchev–Trinajstić information content (AvgIpc) is 3.09. The molecule has 4 aromatic rings. The fourth-order valence-electron chi connectivity index (χ4n) is 2.99. The van der Waals surface area contributed by atoms with Crippen LogP contribution in [-0.4, -0.2) is 32.2 Å². The van der Waals surface area contributed by atoms with Gasteiger partial charge in [0.15, 0.2) is 0 Å². The summed E-state index contributed by atoms with van der Waals surface area (Å²) in [6.07, 6.45) is 5.74. The Labute approximate surface area is 150 Å². The van der Waals surface area contributed by atoms with Gasteiger partial charge >= 0.3 is 0 Å². The van der Waals surface area contributed by atoms with E-state index in [0.29, 0.717) is 6.42 Å². The number of nitrogens with one attached hydrogen (secondary N) is 1. The van der Waals surface area contributed by atoms with Crippen LogP contribution in [0.5, 0.6) is 5.75 Å². The van der Waals surface area contributed by atoms with Gasteiger partial charge in [-0.05, 0) is 41.5 Å². The zero-order valence-electron chi connectivity index (χ0n) is 14.3. The number of nitrogens with zero attached hydrogens (tertiary/aromatic N) is 3. The number of aromatic nitrogens is 4. The SMILES string of the molecule is COc1cnccc1-c1ccc2nc(Cc3cc(CO)ccn3)[nH]c2c1. The molecular weight excluding hydrogens is 328 g/mol. The summed E-state index contributed by atoms with van der Waals surface area (Å²) in [5.74, 6) is 1.57. The number of aromatic amines is 1. The van der Waals surface area contributed by atoms with Crippen molar-refractivity contribution in [3.63, 3.8) is 0 Å². The highest BCUT2D eigenvalue weighted by Gasteiger charge is 2.09. The molecule has 0 fully saturated rings. The van der Waals surface area contributed by atoms with Crippen LogP contribution in [0.15, 0.2) is 55.0 Å². The first-order valence-electron chi connectivity index (χ1n) is 8.28.